The van der Waals surface area contributed by atoms with Crippen LogP contribution in [-0.2, 0) is 9.59 Å². The van der Waals surface area contributed by atoms with Crippen molar-refractivity contribution in [3.05, 3.63) is 59.6 Å². The number of aryl methyl sites for hydroxylation is 1. The zero-order chi connectivity index (χ0) is 18.5. The lowest BCUT2D eigenvalue weighted by molar-refractivity contribution is -0.128. The number of rotatable bonds is 6. The minimum atomic E-state index is -0.522. The van der Waals surface area contributed by atoms with Gasteiger partial charge in [0.15, 0.2) is 5.11 Å². The molecule has 1 aromatic heterocycles. The predicted octanol–water partition coefficient (Wildman–Crippen LogP) is 2.68. The van der Waals surface area contributed by atoms with E-state index in [0.717, 1.165) is 5.75 Å². The number of carbonyl (C=O) groups is 2. The molecule has 26 heavy (non-hydrogen) atoms. The number of carbonyl (C=O) groups excluding carboxylic acids is 2. The van der Waals surface area contributed by atoms with Crippen LogP contribution in [0.25, 0.3) is 6.08 Å². The second-order valence-corrected chi connectivity index (χ2v) is 6.12. The molecule has 3 rings (SSSR count). The zero-order valence-corrected chi connectivity index (χ0v) is 15.0. The number of hydrogen-bond acceptors (Lipinski definition) is 5. The maximum Gasteiger partial charge on any atom is 0.265 e. The largest absolute Gasteiger partial charge is 0.494 e. The molecule has 2 heterocycles. The number of benzene rings is 1. The van der Waals surface area contributed by atoms with Crippen molar-refractivity contribution in [1.82, 2.24) is 10.2 Å². The molecular weight excluding hydrogens is 352 g/mol. The van der Waals surface area contributed by atoms with Gasteiger partial charge in [-0.15, -0.1) is 0 Å². The lowest BCUT2D eigenvalue weighted by Crippen LogP contribution is -2.54. The molecule has 6 nitrogen and oxygen atoms in total. The summed E-state index contributed by atoms with van der Waals surface area (Å²) in [4.78, 5) is 26.1. The van der Waals surface area contributed by atoms with Crippen LogP contribution in [0.5, 0.6) is 5.75 Å². The number of furan rings is 1. The van der Waals surface area contributed by atoms with Crippen molar-refractivity contribution in [1.29, 1.82) is 0 Å². The highest BCUT2D eigenvalue weighted by Gasteiger charge is 2.33. The maximum atomic E-state index is 12.6. The highest BCUT2D eigenvalue weighted by molar-refractivity contribution is 7.80. The van der Waals surface area contributed by atoms with Crippen LogP contribution in [0.3, 0.4) is 0 Å². The van der Waals surface area contributed by atoms with Crippen LogP contribution in [0.2, 0.25) is 0 Å². The van der Waals surface area contributed by atoms with E-state index in [0.29, 0.717) is 31.1 Å². The number of ether oxygens (including phenoxy) is 1. The molecule has 1 aromatic carbocycles. The summed E-state index contributed by atoms with van der Waals surface area (Å²) in [5.41, 5.74) is -0.00284. The van der Waals surface area contributed by atoms with Crippen LogP contribution < -0.4 is 10.1 Å². The van der Waals surface area contributed by atoms with Gasteiger partial charge in [0.1, 0.15) is 22.8 Å². The van der Waals surface area contributed by atoms with Crippen LogP contribution in [0.4, 0.5) is 0 Å². The Labute approximate surface area is 156 Å². The first-order valence-corrected chi connectivity index (χ1v) is 8.58. The van der Waals surface area contributed by atoms with Crippen LogP contribution in [0, 0.1) is 6.92 Å². The Hall–Kier alpha value is -2.93. The van der Waals surface area contributed by atoms with E-state index < -0.39 is 11.8 Å². The first kappa shape index (κ1) is 17.9. The van der Waals surface area contributed by atoms with Gasteiger partial charge in [-0.2, -0.15) is 0 Å². The van der Waals surface area contributed by atoms with Crippen LogP contribution in [0.15, 0.2) is 52.5 Å². The predicted molar refractivity (Wildman–Crippen MR) is 100 cm³/mol. The fourth-order valence-corrected chi connectivity index (χ4v) is 2.77. The van der Waals surface area contributed by atoms with Gasteiger partial charge < -0.3 is 9.15 Å². The average molecular weight is 370 g/mol. The standard InChI is InChI=1S/C19H18N2O4S/c1-13-8-9-15(25-13)12-16-17(22)20-19(26)21(18(16)23)10-5-11-24-14-6-3-2-4-7-14/h2-4,6-9,12H,5,10-11H2,1H3,(H,20,22,26)/b16-12-. The number of hydrogen-bond donors (Lipinski definition) is 1. The second kappa shape index (κ2) is 7.97. The van der Waals surface area contributed by atoms with E-state index in [1.54, 1.807) is 19.1 Å². The Morgan fingerprint density at radius 1 is 1.19 bits per heavy atom. The summed E-state index contributed by atoms with van der Waals surface area (Å²) in [5, 5.41) is 2.65. The number of nitrogens with zero attached hydrogens (tertiary/aromatic N) is 1. The highest BCUT2D eigenvalue weighted by Crippen LogP contribution is 2.17. The molecule has 1 aliphatic heterocycles. The Morgan fingerprint density at radius 2 is 1.96 bits per heavy atom. The Kier molecular flexibility index (Phi) is 5.48. The average Bonchev–Trinajstić information content (AvgIpc) is 3.04. The minimum Gasteiger partial charge on any atom is -0.494 e. The monoisotopic (exact) mass is 370 g/mol. The number of amides is 2. The van der Waals surface area contributed by atoms with Crippen LogP contribution >= 0.6 is 12.2 Å². The van der Waals surface area contributed by atoms with E-state index in [-0.39, 0.29) is 10.7 Å². The molecule has 1 fully saturated rings. The molecule has 0 radical (unpaired) electrons. The van der Waals surface area contributed by atoms with Gasteiger partial charge in [-0.05, 0) is 55.9 Å². The molecule has 1 saturated heterocycles. The molecule has 2 aromatic rings. The van der Waals surface area contributed by atoms with E-state index in [1.807, 2.05) is 30.3 Å². The van der Waals surface area contributed by atoms with Crippen molar-refractivity contribution in [3.8, 4) is 5.75 Å². The quantitative estimate of drug-likeness (QED) is 0.366. The molecule has 0 bridgehead atoms. The van der Waals surface area contributed by atoms with Crippen molar-refractivity contribution < 1.29 is 18.7 Å². The number of thiocarbonyl (C=S) groups is 1. The van der Waals surface area contributed by atoms with Gasteiger partial charge in [-0.25, -0.2) is 0 Å². The van der Waals surface area contributed by atoms with Gasteiger partial charge in [0.2, 0.25) is 0 Å². The fraction of sp³-hybridized carbons (Fsp3) is 0.211. The van der Waals surface area contributed by atoms with E-state index in [1.165, 1.54) is 11.0 Å². The fourth-order valence-electron chi connectivity index (χ4n) is 2.50. The summed E-state index contributed by atoms with van der Waals surface area (Å²) in [6.45, 7) is 2.57. The molecule has 0 spiro atoms. The van der Waals surface area contributed by atoms with E-state index in [9.17, 15) is 9.59 Å². The van der Waals surface area contributed by atoms with Gasteiger partial charge >= 0.3 is 0 Å². The second-order valence-electron chi connectivity index (χ2n) is 5.74. The third kappa shape index (κ3) is 4.18. The number of para-hydroxylation sites is 1. The summed E-state index contributed by atoms with van der Waals surface area (Å²) in [6.07, 6.45) is 2.00. The highest BCUT2D eigenvalue weighted by atomic mass is 32.1. The zero-order valence-electron chi connectivity index (χ0n) is 14.2. The van der Waals surface area contributed by atoms with Crippen LogP contribution in [0.1, 0.15) is 17.9 Å². The van der Waals surface area contributed by atoms with E-state index >= 15 is 0 Å². The molecule has 0 aliphatic carbocycles. The van der Waals surface area contributed by atoms with Crippen LogP contribution in [-0.4, -0.2) is 35.0 Å². The Bertz CT molecular complexity index is 857. The molecule has 7 heteroatoms. The molecule has 1 N–H and O–H groups in total. The van der Waals surface area contributed by atoms with Crippen molar-refractivity contribution in [3.63, 3.8) is 0 Å². The molecular formula is C19H18N2O4S. The first-order chi connectivity index (χ1) is 12.5. The van der Waals surface area contributed by atoms with Gasteiger partial charge in [0.05, 0.1) is 6.61 Å². The SMILES string of the molecule is Cc1ccc(/C=C2/C(=O)NC(=S)N(CCCOc3ccccc3)C2=O)o1. The normalized spacial score (nSPS) is 16.1. The summed E-state index contributed by atoms with van der Waals surface area (Å²) in [7, 11) is 0. The van der Waals surface area contributed by atoms with Gasteiger partial charge in [-0.1, -0.05) is 18.2 Å². The summed E-state index contributed by atoms with van der Waals surface area (Å²) in [6, 6.07) is 12.9. The van der Waals surface area contributed by atoms with E-state index in [2.05, 4.69) is 5.32 Å². The minimum absolute atomic E-state index is 0.00284. The van der Waals surface area contributed by atoms with Crippen molar-refractivity contribution >= 4 is 35.2 Å². The number of nitrogens with one attached hydrogen (secondary N) is 1. The molecule has 0 atom stereocenters. The Balaban J connectivity index is 1.63. The lowest BCUT2D eigenvalue weighted by atomic mass is 10.1. The molecule has 0 unspecified atom stereocenters. The van der Waals surface area contributed by atoms with Gasteiger partial charge in [0, 0.05) is 6.54 Å². The summed E-state index contributed by atoms with van der Waals surface area (Å²) < 4.78 is 11.0. The molecule has 134 valence electrons. The Morgan fingerprint density at radius 3 is 2.65 bits per heavy atom. The molecule has 1 aliphatic rings. The lowest BCUT2D eigenvalue weighted by Gasteiger charge is -2.28. The topological polar surface area (TPSA) is 71.8 Å². The summed E-state index contributed by atoms with van der Waals surface area (Å²) in [5.74, 6) is 0.951. The first-order valence-electron chi connectivity index (χ1n) is 8.18. The van der Waals surface area contributed by atoms with Crippen molar-refractivity contribution in [2.75, 3.05) is 13.2 Å². The molecule has 2 amide bonds. The third-order valence-corrected chi connectivity index (χ3v) is 4.09. The van der Waals surface area contributed by atoms with Crippen molar-refractivity contribution in [2.24, 2.45) is 0 Å². The van der Waals surface area contributed by atoms with Crippen molar-refractivity contribution in [2.45, 2.75) is 13.3 Å². The third-order valence-electron chi connectivity index (χ3n) is 3.77. The smallest absolute Gasteiger partial charge is 0.265 e. The van der Waals surface area contributed by atoms with Gasteiger partial charge in [-0.3, -0.25) is 19.8 Å². The van der Waals surface area contributed by atoms with E-state index in [4.69, 9.17) is 21.4 Å². The van der Waals surface area contributed by atoms with Gasteiger partial charge in [0.25, 0.3) is 11.8 Å². The molecule has 0 saturated carbocycles. The maximum absolute atomic E-state index is 12.6. The summed E-state index contributed by atoms with van der Waals surface area (Å²) >= 11 is 5.13.